The van der Waals surface area contributed by atoms with Gasteiger partial charge in [0.05, 0.1) is 0 Å². The van der Waals surface area contributed by atoms with Crippen LogP contribution in [-0.2, 0) is 0 Å². The average Bonchev–Trinajstić information content (AvgIpc) is 2.70. The van der Waals surface area contributed by atoms with Crippen LogP contribution in [0.25, 0.3) is 16.9 Å². The maximum atomic E-state index is 4.66. The van der Waals surface area contributed by atoms with Crippen LogP contribution in [0.4, 0.5) is 0 Å². The second-order valence-corrected chi connectivity index (χ2v) is 4.63. The highest BCUT2D eigenvalue weighted by atomic mass is 79.9. The van der Waals surface area contributed by atoms with Crippen molar-refractivity contribution >= 4 is 21.6 Å². The predicted molar refractivity (Wildman–Crippen MR) is 70.9 cm³/mol. The molecule has 3 heterocycles. The molecule has 0 bridgehead atoms. The molecule has 84 valence electrons. The number of aryl methyl sites for hydroxylation is 1. The number of aromatic nitrogens is 3. The van der Waals surface area contributed by atoms with Crippen molar-refractivity contribution in [3.05, 3.63) is 53.0 Å². The summed E-state index contributed by atoms with van der Waals surface area (Å²) in [6.07, 6.45) is 5.58. The van der Waals surface area contributed by atoms with E-state index in [0.717, 1.165) is 27.1 Å². The largest absolute Gasteiger partial charge is 0.293 e. The fraction of sp³-hybridized carbons (Fsp3) is 0.0769. The molecule has 0 aliphatic heterocycles. The van der Waals surface area contributed by atoms with E-state index in [2.05, 4.69) is 38.9 Å². The highest BCUT2D eigenvalue weighted by molar-refractivity contribution is 9.10. The molecule has 3 nitrogen and oxygen atoms in total. The number of rotatable bonds is 1. The van der Waals surface area contributed by atoms with E-state index in [1.165, 1.54) is 0 Å². The van der Waals surface area contributed by atoms with Crippen LogP contribution in [0.2, 0.25) is 0 Å². The summed E-state index contributed by atoms with van der Waals surface area (Å²) in [4.78, 5) is 8.78. The molecule has 0 amide bonds. The molecule has 0 aliphatic carbocycles. The average molecular weight is 288 g/mol. The van der Waals surface area contributed by atoms with E-state index in [1.54, 1.807) is 6.20 Å². The lowest BCUT2D eigenvalue weighted by Crippen LogP contribution is -1.85. The Hall–Kier alpha value is -1.68. The van der Waals surface area contributed by atoms with Crippen molar-refractivity contribution in [2.45, 2.75) is 6.92 Å². The first kappa shape index (κ1) is 10.5. The van der Waals surface area contributed by atoms with Gasteiger partial charge in [-0.25, -0.2) is 4.98 Å². The second kappa shape index (κ2) is 3.96. The van der Waals surface area contributed by atoms with Gasteiger partial charge >= 0.3 is 0 Å². The zero-order valence-electron chi connectivity index (χ0n) is 9.26. The van der Waals surface area contributed by atoms with Gasteiger partial charge in [-0.15, -0.1) is 0 Å². The van der Waals surface area contributed by atoms with E-state index >= 15 is 0 Å². The van der Waals surface area contributed by atoms with Crippen LogP contribution >= 0.6 is 15.9 Å². The fourth-order valence-corrected chi connectivity index (χ4v) is 2.47. The Bertz CT molecular complexity index is 674. The number of hydrogen-bond acceptors (Lipinski definition) is 2. The van der Waals surface area contributed by atoms with E-state index in [0.29, 0.717) is 0 Å². The monoisotopic (exact) mass is 287 g/mol. The summed E-state index contributed by atoms with van der Waals surface area (Å²) in [7, 11) is 0. The third-order valence-electron chi connectivity index (χ3n) is 2.72. The summed E-state index contributed by atoms with van der Waals surface area (Å²) in [5.74, 6) is 0. The predicted octanol–water partition coefficient (Wildman–Crippen LogP) is 3.47. The van der Waals surface area contributed by atoms with Crippen LogP contribution in [0.1, 0.15) is 5.56 Å². The van der Waals surface area contributed by atoms with Crippen LogP contribution in [-0.4, -0.2) is 14.4 Å². The highest BCUT2D eigenvalue weighted by Gasteiger charge is 2.12. The summed E-state index contributed by atoms with van der Waals surface area (Å²) in [6.45, 7) is 2.06. The summed E-state index contributed by atoms with van der Waals surface area (Å²) < 4.78 is 3.00. The molecule has 0 aliphatic rings. The quantitative estimate of drug-likeness (QED) is 0.686. The van der Waals surface area contributed by atoms with Crippen molar-refractivity contribution < 1.29 is 0 Å². The number of fused-ring (bicyclic) bond motifs is 1. The van der Waals surface area contributed by atoms with Crippen molar-refractivity contribution in [3.8, 4) is 11.3 Å². The van der Waals surface area contributed by atoms with Crippen molar-refractivity contribution in [1.82, 2.24) is 14.4 Å². The molecule has 0 saturated heterocycles. The zero-order valence-corrected chi connectivity index (χ0v) is 10.8. The smallest absolute Gasteiger partial charge is 0.141 e. The lowest BCUT2D eigenvalue weighted by molar-refractivity contribution is 1.14. The van der Waals surface area contributed by atoms with Gasteiger partial charge in [0.1, 0.15) is 15.9 Å². The van der Waals surface area contributed by atoms with E-state index in [4.69, 9.17) is 0 Å². The highest BCUT2D eigenvalue weighted by Crippen LogP contribution is 2.28. The van der Waals surface area contributed by atoms with Crippen LogP contribution < -0.4 is 0 Å². The van der Waals surface area contributed by atoms with Crippen molar-refractivity contribution in [2.75, 3.05) is 0 Å². The molecule has 3 aromatic heterocycles. The maximum Gasteiger partial charge on any atom is 0.141 e. The molecule has 17 heavy (non-hydrogen) atoms. The van der Waals surface area contributed by atoms with Gasteiger partial charge in [0.25, 0.3) is 0 Å². The molecule has 0 radical (unpaired) electrons. The Balaban J connectivity index is 2.32. The fourth-order valence-electron chi connectivity index (χ4n) is 1.86. The summed E-state index contributed by atoms with van der Waals surface area (Å²) >= 11 is 3.60. The minimum Gasteiger partial charge on any atom is -0.293 e. The molecule has 3 aromatic rings. The number of halogens is 1. The van der Waals surface area contributed by atoms with Crippen molar-refractivity contribution in [1.29, 1.82) is 0 Å². The minimum absolute atomic E-state index is 0.924. The van der Waals surface area contributed by atoms with E-state index < -0.39 is 0 Å². The Morgan fingerprint density at radius 3 is 2.82 bits per heavy atom. The van der Waals surface area contributed by atoms with E-state index in [9.17, 15) is 0 Å². The van der Waals surface area contributed by atoms with Gasteiger partial charge in [0, 0.05) is 24.2 Å². The molecule has 0 atom stereocenters. The van der Waals surface area contributed by atoms with Gasteiger partial charge in [0.2, 0.25) is 0 Å². The van der Waals surface area contributed by atoms with Gasteiger partial charge in [0.15, 0.2) is 0 Å². The molecule has 0 N–H and O–H groups in total. The van der Waals surface area contributed by atoms with Gasteiger partial charge < -0.3 is 0 Å². The minimum atomic E-state index is 0.924. The Morgan fingerprint density at radius 1 is 1.24 bits per heavy atom. The molecular weight excluding hydrogens is 278 g/mol. The van der Waals surface area contributed by atoms with E-state index in [-0.39, 0.29) is 0 Å². The summed E-state index contributed by atoms with van der Waals surface area (Å²) in [5, 5.41) is 0. The van der Waals surface area contributed by atoms with E-state index in [1.807, 2.05) is 35.0 Å². The zero-order chi connectivity index (χ0) is 11.8. The molecule has 0 spiro atoms. The Kier molecular flexibility index (Phi) is 2.44. The molecule has 4 heteroatoms. The SMILES string of the molecule is Cc1cccn2c(Br)c(-c3cccnc3)nc12. The van der Waals surface area contributed by atoms with Crippen molar-refractivity contribution in [3.63, 3.8) is 0 Å². The lowest BCUT2D eigenvalue weighted by Gasteiger charge is -1.97. The first-order valence-electron chi connectivity index (χ1n) is 5.31. The molecule has 0 saturated carbocycles. The first-order chi connectivity index (χ1) is 8.27. The summed E-state index contributed by atoms with van der Waals surface area (Å²) in [5.41, 5.74) is 4.07. The summed E-state index contributed by atoms with van der Waals surface area (Å²) in [6, 6.07) is 8.00. The van der Waals surface area contributed by atoms with Gasteiger partial charge in [-0.05, 0) is 46.6 Å². The van der Waals surface area contributed by atoms with Crippen LogP contribution in [0.5, 0.6) is 0 Å². The molecule has 0 fully saturated rings. The standard InChI is InChI=1S/C13H10BrN3/c1-9-4-3-7-17-12(14)11(16-13(9)17)10-5-2-6-15-8-10/h2-8H,1H3. The topological polar surface area (TPSA) is 30.2 Å². The molecule has 0 unspecified atom stereocenters. The van der Waals surface area contributed by atoms with Gasteiger partial charge in [-0.2, -0.15) is 0 Å². The van der Waals surface area contributed by atoms with Gasteiger partial charge in [-0.3, -0.25) is 9.38 Å². The Morgan fingerprint density at radius 2 is 2.12 bits per heavy atom. The third-order valence-corrected chi connectivity index (χ3v) is 3.48. The first-order valence-corrected chi connectivity index (χ1v) is 6.10. The Labute approximate surface area is 107 Å². The molecule has 0 aromatic carbocycles. The van der Waals surface area contributed by atoms with Crippen LogP contribution in [0.3, 0.4) is 0 Å². The normalized spacial score (nSPS) is 10.9. The number of nitrogens with zero attached hydrogens (tertiary/aromatic N) is 3. The number of imidazole rings is 1. The lowest BCUT2D eigenvalue weighted by atomic mass is 10.2. The van der Waals surface area contributed by atoms with Gasteiger partial charge in [-0.1, -0.05) is 6.07 Å². The van der Waals surface area contributed by atoms with Crippen LogP contribution in [0.15, 0.2) is 47.5 Å². The third kappa shape index (κ3) is 1.65. The molecule has 3 rings (SSSR count). The van der Waals surface area contributed by atoms with Crippen LogP contribution in [0, 0.1) is 6.92 Å². The number of pyridine rings is 2. The van der Waals surface area contributed by atoms with Crippen molar-refractivity contribution in [2.24, 2.45) is 0 Å². The maximum absolute atomic E-state index is 4.66. The number of hydrogen-bond donors (Lipinski definition) is 0. The molecular formula is C13H10BrN3. The second-order valence-electron chi connectivity index (χ2n) is 3.88.